The molecule has 0 unspecified atom stereocenters. The van der Waals surface area contributed by atoms with Crippen LogP contribution in [0.2, 0.25) is 10.0 Å². The summed E-state index contributed by atoms with van der Waals surface area (Å²) in [7, 11) is 1.38. The number of allylic oxidation sites excluding steroid dienone is 2. The van der Waals surface area contributed by atoms with Crippen LogP contribution in [0.3, 0.4) is 0 Å². The van der Waals surface area contributed by atoms with Crippen molar-refractivity contribution >= 4 is 51.7 Å². The van der Waals surface area contributed by atoms with Gasteiger partial charge < -0.3 is 19.4 Å². The van der Waals surface area contributed by atoms with Gasteiger partial charge in [-0.25, -0.2) is 4.79 Å². The number of amides is 1. The zero-order valence-electron chi connectivity index (χ0n) is 21.4. The van der Waals surface area contributed by atoms with Gasteiger partial charge in [0.15, 0.2) is 6.61 Å². The number of halogens is 2. The van der Waals surface area contributed by atoms with Gasteiger partial charge in [0.1, 0.15) is 5.75 Å². The largest absolute Gasteiger partial charge is 0.484 e. The summed E-state index contributed by atoms with van der Waals surface area (Å²) < 4.78 is 12.9. The van der Waals surface area contributed by atoms with E-state index >= 15 is 0 Å². The van der Waals surface area contributed by atoms with Crippen LogP contribution in [0.4, 0.5) is 5.69 Å². The minimum absolute atomic E-state index is 0.180. The standard InChI is InChI=1S/C30H28Cl2N2O4/c1-19(2)8-9-21-17-34(16-20-6-4-5-7-24(20)30(36)37-3)28-13-11-23(15-25(21)28)38-18-29(35)33-27-12-10-22(31)14-26(27)32/h4-8,10-15,17H,9,16,18H2,1-3H3,(H,33,35). The van der Waals surface area contributed by atoms with Gasteiger partial charge in [0.2, 0.25) is 0 Å². The highest BCUT2D eigenvalue weighted by molar-refractivity contribution is 6.36. The average Bonchev–Trinajstić information content (AvgIpc) is 3.24. The van der Waals surface area contributed by atoms with Crippen molar-refractivity contribution in [2.75, 3.05) is 19.0 Å². The second kappa shape index (κ2) is 12.2. The highest BCUT2D eigenvalue weighted by Gasteiger charge is 2.15. The van der Waals surface area contributed by atoms with E-state index in [-0.39, 0.29) is 18.5 Å². The van der Waals surface area contributed by atoms with E-state index in [4.69, 9.17) is 32.7 Å². The van der Waals surface area contributed by atoms with Crippen molar-refractivity contribution in [3.05, 3.63) is 105 Å². The average molecular weight is 551 g/mol. The Hall–Kier alpha value is -3.74. The first-order valence-corrected chi connectivity index (χ1v) is 12.8. The van der Waals surface area contributed by atoms with Gasteiger partial charge in [0.25, 0.3) is 5.91 Å². The van der Waals surface area contributed by atoms with E-state index in [0.717, 1.165) is 28.5 Å². The van der Waals surface area contributed by atoms with Crippen molar-refractivity contribution < 1.29 is 19.1 Å². The summed E-state index contributed by atoms with van der Waals surface area (Å²) >= 11 is 12.1. The second-order valence-corrected chi connectivity index (χ2v) is 9.90. The number of hydrogen-bond donors (Lipinski definition) is 1. The van der Waals surface area contributed by atoms with Crippen molar-refractivity contribution in [3.8, 4) is 5.75 Å². The van der Waals surface area contributed by atoms with E-state index in [2.05, 4.69) is 36.0 Å². The van der Waals surface area contributed by atoms with Gasteiger partial charge in [0, 0.05) is 28.7 Å². The molecule has 1 heterocycles. The highest BCUT2D eigenvalue weighted by Crippen LogP contribution is 2.29. The summed E-state index contributed by atoms with van der Waals surface area (Å²) in [6.07, 6.45) is 5.00. The summed E-state index contributed by atoms with van der Waals surface area (Å²) in [6, 6.07) is 18.0. The molecule has 0 saturated carbocycles. The van der Waals surface area contributed by atoms with E-state index in [9.17, 15) is 9.59 Å². The third-order valence-electron chi connectivity index (χ3n) is 6.00. The summed E-state index contributed by atoms with van der Waals surface area (Å²) in [6.45, 7) is 4.44. The van der Waals surface area contributed by atoms with Crippen molar-refractivity contribution in [2.45, 2.75) is 26.8 Å². The first kappa shape index (κ1) is 27.3. The molecule has 4 rings (SSSR count). The van der Waals surface area contributed by atoms with Gasteiger partial charge in [0.05, 0.1) is 23.4 Å². The molecule has 3 aromatic carbocycles. The van der Waals surface area contributed by atoms with E-state index in [1.54, 1.807) is 24.3 Å². The minimum atomic E-state index is -0.365. The lowest BCUT2D eigenvalue weighted by atomic mass is 10.1. The van der Waals surface area contributed by atoms with Crippen LogP contribution in [0.15, 0.2) is 78.5 Å². The Kier molecular flexibility index (Phi) is 8.77. The number of nitrogens with one attached hydrogen (secondary N) is 1. The number of ether oxygens (including phenoxy) is 2. The van der Waals surface area contributed by atoms with E-state index in [0.29, 0.717) is 33.6 Å². The minimum Gasteiger partial charge on any atom is -0.484 e. The van der Waals surface area contributed by atoms with E-state index in [1.807, 2.05) is 36.4 Å². The van der Waals surface area contributed by atoms with Crippen LogP contribution in [-0.2, 0) is 22.5 Å². The molecule has 196 valence electrons. The van der Waals surface area contributed by atoms with Crippen LogP contribution in [0.25, 0.3) is 10.9 Å². The van der Waals surface area contributed by atoms with Crippen LogP contribution in [0.5, 0.6) is 5.75 Å². The number of methoxy groups -OCH3 is 1. The molecule has 0 spiro atoms. The second-order valence-electron chi connectivity index (χ2n) is 9.06. The Morgan fingerprint density at radius 1 is 1.00 bits per heavy atom. The molecule has 38 heavy (non-hydrogen) atoms. The van der Waals surface area contributed by atoms with Gasteiger partial charge in [-0.2, -0.15) is 0 Å². The maximum absolute atomic E-state index is 12.5. The quantitative estimate of drug-likeness (QED) is 0.175. The predicted octanol–water partition coefficient (Wildman–Crippen LogP) is 7.31. The van der Waals surface area contributed by atoms with E-state index in [1.165, 1.54) is 12.7 Å². The molecule has 8 heteroatoms. The maximum atomic E-state index is 12.5. The number of anilines is 1. The first-order valence-electron chi connectivity index (χ1n) is 12.0. The molecule has 0 saturated heterocycles. The van der Waals surface area contributed by atoms with Crippen molar-refractivity contribution in [2.24, 2.45) is 0 Å². The Balaban J connectivity index is 1.58. The van der Waals surface area contributed by atoms with Gasteiger partial charge in [-0.1, -0.05) is 53.1 Å². The molecule has 0 atom stereocenters. The van der Waals surface area contributed by atoms with Crippen LogP contribution in [0.1, 0.15) is 35.3 Å². The number of carbonyl (C=O) groups is 2. The highest BCUT2D eigenvalue weighted by atomic mass is 35.5. The molecule has 1 amide bonds. The number of nitrogens with zero attached hydrogens (tertiary/aromatic N) is 1. The predicted molar refractivity (Wildman–Crippen MR) is 153 cm³/mol. The Labute approximate surface area is 231 Å². The van der Waals surface area contributed by atoms with Crippen molar-refractivity contribution in [1.82, 2.24) is 4.57 Å². The third kappa shape index (κ3) is 6.57. The van der Waals surface area contributed by atoms with Crippen molar-refractivity contribution in [3.63, 3.8) is 0 Å². The molecule has 1 aromatic heterocycles. The number of rotatable bonds is 9. The fourth-order valence-corrected chi connectivity index (χ4v) is 4.58. The van der Waals surface area contributed by atoms with Gasteiger partial charge in [-0.3, -0.25) is 4.79 Å². The number of hydrogen-bond acceptors (Lipinski definition) is 4. The van der Waals surface area contributed by atoms with Crippen LogP contribution < -0.4 is 10.1 Å². The zero-order chi connectivity index (χ0) is 27.2. The topological polar surface area (TPSA) is 69.6 Å². The molecule has 0 aliphatic heterocycles. The third-order valence-corrected chi connectivity index (χ3v) is 6.55. The molecule has 6 nitrogen and oxygen atoms in total. The summed E-state index contributed by atoms with van der Waals surface area (Å²) in [5, 5.41) is 4.59. The monoisotopic (exact) mass is 550 g/mol. The number of benzene rings is 3. The smallest absolute Gasteiger partial charge is 0.338 e. The molecule has 0 aliphatic rings. The molecule has 0 aliphatic carbocycles. The summed E-state index contributed by atoms with van der Waals surface area (Å²) in [5.74, 6) is -0.132. The molecule has 1 N–H and O–H groups in total. The normalized spacial score (nSPS) is 10.8. The SMILES string of the molecule is COC(=O)c1ccccc1Cn1cc(CC=C(C)C)c2cc(OCC(=O)Nc3ccc(Cl)cc3Cl)ccc21. The summed E-state index contributed by atoms with van der Waals surface area (Å²) in [4.78, 5) is 24.8. The van der Waals surface area contributed by atoms with Crippen LogP contribution in [-0.4, -0.2) is 30.2 Å². The Morgan fingerprint density at radius 3 is 2.53 bits per heavy atom. The number of esters is 1. The summed E-state index contributed by atoms with van der Waals surface area (Å²) in [5.41, 5.74) is 5.18. The molecule has 0 radical (unpaired) electrons. The fraction of sp³-hybridized carbons (Fsp3) is 0.200. The number of fused-ring (bicyclic) bond motifs is 1. The first-order chi connectivity index (χ1) is 18.2. The Bertz CT molecular complexity index is 1520. The molecular formula is C30H28Cl2N2O4. The molecule has 4 aromatic rings. The van der Waals surface area contributed by atoms with Gasteiger partial charge in [-0.15, -0.1) is 0 Å². The maximum Gasteiger partial charge on any atom is 0.338 e. The number of aromatic nitrogens is 1. The fourth-order valence-electron chi connectivity index (χ4n) is 4.12. The van der Waals surface area contributed by atoms with Crippen LogP contribution >= 0.6 is 23.2 Å². The molecule has 0 fully saturated rings. The lowest BCUT2D eigenvalue weighted by Gasteiger charge is -2.11. The lowest BCUT2D eigenvalue weighted by molar-refractivity contribution is -0.118. The molecule has 0 bridgehead atoms. The van der Waals surface area contributed by atoms with Gasteiger partial charge >= 0.3 is 5.97 Å². The van der Waals surface area contributed by atoms with E-state index < -0.39 is 0 Å². The lowest BCUT2D eigenvalue weighted by Crippen LogP contribution is -2.20. The number of carbonyl (C=O) groups excluding carboxylic acids is 2. The Morgan fingerprint density at radius 2 is 1.79 bits per heavy atom. The molecular weight excluding hydrogens is 523 g/mol. The zero-order valence-corrected chi connectivity index (χ0v) is 22.9. The van der Waals surface area contributed by atoms with Gasteiger partial charge in [-0.05, 0) is 73.9 Å². The van der Waals surface area contributed by atoms with Crippen molar-refractivity contribution in [1.29, 1.82) is 0 Å². The van der Waals surface area contributed by atoms with Crippen LogP contribution in [0, 0.1) is 0 Å².